The van der Waals surface area contributed by atoms with E-state index in [1.165, 1.54) is 5.69 Å². The van der Waals surface area contributed by atoms with E-state index in [1.54, 1.807) is 0 Å². The Labute approximate surface area is 88.5 Å². The summed E-state index contributed by atoms with van der Waals surface area (Å²) in [5.41, 5.74) is 1.23. The van der Waals surface area contributed by atoms with Gasteiger partial charge in [-0.25, -0.2) is 0 Å². The Hall–Kier alpha value is -1.78. The lowest BCUT2D eigenvalue weighted by Gasteiger charge is -2.13. The molecule has 0 atom stereocenters. The number of likely N-dealkylation sites (N-methyl/N-ethyl adjacent to an activating group) is 1. The van der Waals surface area contributed by atoms with Gasteiger partial charge in [-0.1, -0.05) is 0 Å². The molecule has 2 rings (SSSR count). The number of aromatic amines is 2. The van der Waals surface area contributed by atoms with E-state index in [0.717, 1.165) is 24.7 Å². The number of nitrogens with zero attached hydrogens (tertiary/aromatic N) is 3. The minimum absolute atomic E-state index is 0.749. The van der Waals surface area contributed by atoms with Crippen molar-refractivity contribution in [2.75, 3.05) is 18.5 Å². The molecule has 5 nitrogen and oxygen atoms in total. The number of nitrogens with one attached hydrogen (secondary N) is 2. The first kappa shape index (κ1) is 9.76. The van der Waals surface area contributed by atoms with E-state index in [2.05, 4.69) is 26.2 Å². The lowest BCUT2D eigenvalue weighted by atomic mass is 10.3. The Morgan fingerprint density at radius 2 is 2.33 bits per heavy atom. The molecule has 0 fully saturated rings. The molecular weight excluding hydrogens is 190 g/mol. The summed E-state index contributed by atoms with van der Waals surface area (Å²) >= 11 is 0. The third-order valence-electron chi connectivity index (χ3n) is 2.31. The Kier molecular flexibility index (Phi) is 2.71. The average molecular weight is 205 g/mol. The Morgan fingerprint density at radius 3 is 2.93 bits per heavy atom. The molecule has 80 valence electrons. The van der Waals surface area contributed by atoms with Crippen LogP contribution in [0.5, 0.6) is 0 Å². The third kappa shape index (κ3) is 2.37. The third-order valence-corrected chi connectivity index (χ3v) is 2.31. The average Bonchev–Trinajstić information content (AvgIpc) is 2.84. The molecule has 0 aliphatic carbocycles. The summed E-state index contributed by atoms with van der Waals surface area (Å²) in [6.07, 6.45) is 2.91. The lowest BCUT2D eigenvalue weighted by Crippen LogP contribution is -2.21. The molecule has 2 heterocycles. The first-order valence-electron chi connectivity index (χ1n) is 4.98. The number of hydrogen-bond donors (Lipinski definition) is 2. The van der Waals surface area contributed by atoms with E-state index in [9.17, 15) is 0 Å². The van der Waals surface area contributed by atoms with Crippen molar-refractivity contribution in [1.82, 2.24) is 20.2 Å². The molecule has 0 amide bonds. The van der Waals surface area contributed by atoms with Gasteiger partial charge in [-0.3, -0.25) is 5.10 Å². The van der Waals surface area contributed by atoms with Gasteiger partial charge in [0.25, 0.3) is 0 Å². The van der Waals surface area contributed by atoms with Crippen LogP contribution in [0.1, 0.15) is 11.5 Å². The van der Waals surface area contributed by atoms with E-state index in [0.29, 0.717) is 0 Å². The monoisotopic (exact) mass is 205 g/mol. The summed E-state index contributed by atoms with van der Waals surface area (Å²) in [4.78, 5) is 9.47. The zero-order valence-corrected chi connectivity index (χ0v) is 8.99. The normalized spacial score (nSPS) is 10.5. The van der Waals surface area contributed by atoms with Crippen LogP contribution in [-0.4, -0.2) is 33.8 Å². The van der Waals surface area contributed by atoms with Crippen molar-refractivity contribution >= 4 is 5.95 Å². The standard InChI is InChI=1S/C10H15N5/c1-8-12-10(14-13-8)15(2)7-5-9-4-3-6-11-9/h3-4,6,11H,5,7H2,1-2H3,(H,12,13,14). The Balaban J connectivity index is 1.90. The minimum atomic E-state index is 0.749. The van der Waals surface area contributed by atoms with E-state index < -0.39 is 0 Å². The highest BCUT2D eigenvalue weighted by Gasteiger charge is 2.05. The van der Waals surface area contributed by atoms with E-state index >= 15 is 0 Å². The Morgan fingerprint density at radius 1 is 1.47 bits per heavy atom. The SMILES string of the molecule is Cc1nc(N(C)CCc2ccc[nH]2)n[nH]1. The fourth-order valence-electron chi connectivity index (χ4n) is 1.41. The van der Waals surface area contributed by atoms with Crippen molar-refractivity contribution < 1.29 is 0 Å². The molecule has 0 radical (unpaired) electrons. The van der Waals surface area contributed by atoms with E-state index in [-0.39, 0.29) is 0 Å². The molecule has 0 aliphatic heterocycles. The van der Waals surface area contributed by atoms with Gasteiger partial charge >= 0.3 is 0 Å². The summed E-state index contributed by atoms with van der Waals surface area (Å²) < 4.78 is 0. The largest absolute Gasteiger partial charge is 0.365 e. The van der Waals surface area contributed by atoms with Crippen LogP contribution in [0.3, 0.4) is 0 Å². The van der Waals surface area contributed by atoms with Crippen LogP contribution >= 0.6 is 0 Å². The molecule has 15 heavy (non-hydrogen) atoms. The minimum Gasteiger partial charge on any atom is -0.365 e. The second-order valence-corrected chi connectivity index (χ2v) is 3.59. The van der Waals surface area contributed by atoms with Crippen molar-refractivity contribution in [3.8, 4) is 0 Å². The van der Waals surface area contributed by atoms with Gasteiger partial charge in [0.05, 0.1) is 0 Å². The fraction of sp³-hybridized carbons (Fsp3) is 0.400. The number of hydrogen-bond acceptors (Lipinski definition) is 3. The van der Waals surface area contributed by atoms with Crippen LogP contribution in [-0.2, 0) is 6.42 Å². The van der Waals surface area contributed by atoms with Crippen LogP contribution in [0.15, 0.2) is 18.3 Å². The Bertz CT molecular complexity index is 403. The quantitative estimate of drug-likeness (QED) is 0.786. The summed E-state index contributed by atoms with van der Waals surface area (Å²) in [5, 5.41) is 6.93. The zero-order chi connectivity index (χ0) is 10.7. The topological polar surface area (TPSA) is 60.6 Å². The molecule has 2 aromatic heterocycles. The molecular formula is C10H15N5. The van der Waals surface area contributed by atoms with Gasteiger partial charge in [0, 0.05) is 31.9 Å². The van der Waals surface area contributed by atoms with E-state index in [4.69, 9.17) is 0 Å². The first-order valence-corrected chi connectivity index (χ1v) is 4.98. The number of rotatable bonds is 4. The van der Waals surface area contributed by atoms with Gasteiger partial charge in [0.2, 0.25) is 5.95 Å². The predicted molar refractivity (Wildman–Crippen MR) is 58.9 cm³/mol. The van der Waals surface area contributed by atoms with Crippen molar-refractivity contribution in [2.45, 2.75) is 13.3 Å². The maximum Gasteiger partial charge on any atom is 0.244 e. The highest BCUT2D eigenvalue weighted by Crippen LogP contribution is 2.05. The van der Waals surface area contributed by atoms with Gasteiger partial charge in [-0.05, 0) is 19.1 Å². The number of anilines is 1. The molecule has 0 saturated heterocycles. The molecule has 5 heteroatoms. The van der Waals surface area contributed by atoms with E-state index in [1.807, 2.05) is 31.1 Å². The summed E-state index contributed by atoms with van der Waals surface area (Å²) in [5.74, 6) is 1.59. The smallest absolute Gasteiger partial charge is 0.244 e. The summed E-state index contributed by atoms with van der Waals surface area (Å²) in [6.45, 7) is 2.80. The van der Waals surface area contributed by atoms with Gasteiger partial charge in [-0.15, -0.1) is 5.10 Å². The molecule has 0 aliphatic rings. The van der Waals surface area contributed by atoms with Gasteiger partial charge in [0.1, 0.15) is 5.82 Å². The predicted octanol–water partition coefficient (Wildman–Crippen LogP) is 1.12. The molecule has 0 spiro atoms. The van der Waals surface area contributed by atoms with Crippen LogP contribution in [0.2, 0.25) is 0 Å². The molecule has 0 unspecified atom stereocenters. The fourth-order valence-corrected chi connectivity index (χ4v) is 1.41. The number of H-pyrrole nitrogens is 2. The molecule has 0 bridgehead atoms. The second kappa shape index (κ2) is 4.16. The first-order chi connectivity index (χ1) is 7.25. The molecule has 0 saturated carbocycles. The number of aryl methyl sites for hydroxylation is 1. The van der Waals surface area contributed by atoms with Crippen LogP contribution in [0, 0.1) is 6.92 Å². The maximum absolute atomic E-state index is 4.26. The van der Waals surface area contributed by atoms with Gasteiger partial charge in [-0.2, -0.15) is 4.98 Å². The summed E-state index contributed by atoms with van der Waals surface area (Å²) in [6, 6.07) is 4.09. The van der Waals surface area contributed by atoms with Crippen LogP contribution in [0.25, 0.3) is 0 Å². The van der Waals surface area contributed by atoms with Gasteiger partial charge < -0.3 is 9.88 Å². The number of aromatic nitrogens is 4. The molecule has 0 aromatic carbocycles. The molecule has 2 aromatic rings. The van der Waals surface area contributed by atoms with Crippen LogP contribution in [0.4, 0.5) is 5.95 Å². The maximum atomic E-state index is 4.26. The van der Waals surface area contributed by atoms with Crippen molar-refractivity contribution in [2.24, 2.45) is 0 Å². The zero-order valence-electron chi connectivity index (χ0n) is 8.99. The molecule has 2 N–H and O–H groups in total. The second-order valence-electron chi connectivity index (χ2n) is 3.59. The van der Waals surface area contributed by atoms with Crippen molar-refractivity contribution in [3.05, 3.63) is 29.8 Å². The highest BCUT2D eigenvalue weighted by molar-refractivity contribution is 5.27. The van der Waals surface area contributed by atoms with Crippen LogP contribution < -0.4 is 4.90 Å². The lowest BCUT2D eigenvalue weighted by molar-refractivity contribution is 0.828. The van der Waals surface area contributed by atoms with Crippen molar-refractivity contribution in [3.63, 3.8) is 0 Å². The highest BCUT2D eigenvalue weighted by atomic mass is 15.3. The van der Waals surface area contributed by atoms with Gasteiger partial charge in [0.15, 0.2) is 0 Å². The van der Waals surface area contributed by atoms with Crippen molar-refractivity contribution in [1.29, 1.82) is 0 Å². The summed E-state index contributed by atoms with van der Waals surface area (Å²) in [7, 11) is 1.99.